The van der Waals surface area contributed by atoms with Crippen molar-refractivity contribution in [1.29, 1.82) is 0 Å². The zero-order chi connectivity index (χ0) is 18.3. The van der Waals surface area contributed by atoms with Gasteiger partial charge in [0.15, 0.2) is 0 Å². The summed E-state index contributed by atoms with van der Waals surface area (Å²) in [6, 6.07) is 13.4. The van der Waals surface area contributed by atoms with Gasteiger partial charge >= 0.3 is 5.97 Å². The first-order valence-corrected chi connectivity index (χ1v) is 9.55. The van der Waals surface area contributed by atoms with E-state index >= 15 is 0 Å². The molecule has 5 heteroatoms. The van der Waals surface area contributed by atoms with Gasteiger partial charge in [-0.3, -0.25) is 4.79 Å². The molecule has 2 fully saturated rings. The molecule has 0 saturated carbocycles. The predicted molar refractivity (Wildman–Crippen MR) is 102 cm³/mol. The predicted octanol–water partition coefficient (Wildman–Crippen LogP) is 0.708. The number of benzene rings is 2. The number of carbonyl (C=O) groups excluding carboxylic acids is 1. The number of fused-ring (bicyclic) bond motifs is 3. The zero-order valence-corrected chi connectivity index (χ0v) is 18.4. The van der Waals surface area contributed by atoms with E-state index in [0.29, 0.717) is 18.5 Å². The number of nitrogens with zero attached hydrogens (tertiary/aromatic N) is 1. The molecule has 0 aromatic heterocycles. The highest BCUT2D eigenvalue weighted by molar-refractivity contribution is 5.85. The third-order valence-electron chi connectivity index (χ3n) is 6.54. The Morgan fingerprint density at radius 2 is 1.67 bits per heavy atom. The lowest BCUT2D eigenvalue weighted by Crippen LogP contribution is -3.00. The number of piperidine rings is 1. The van der Waals surface area contributed by atoms with Crippen LogP contribution in [0, 0.1) is 0 Å². The standard InChI is InChI=1S/C22H28NO3.HI/c1-23(2)18-7-8-19(23)14-21(13-18)26-22(24)11-15-4-5-17-12-20(25-3)9-6-16(17)10-15;/h4-6,9-10,12,18-19,21H,7-8,11,13-14H2,1-3H3;1H/q+1;/p-1. The minimum absolute atomic E-state index is 0. The number of halogens is 1. The minimum Gasteiger partial charge on any atom is -1.00 e. The van der Waals surface area contributed by atoms with Crippen molar-refractivity contribution in [2.24, 2.45) is 0 Å². The van der Waals surface area contributed by atoms with Gasteiger partial charge in [-0.1, -0.05) is 24.3 Å². The normalized spacial score (nSPS) is 25.7. The van der Waals surface area contributed by atoms with Crippen molar-refractivity contribution in [3.63, 3.8) is 0 Å². The third kappa shape index (κ3) is 4.09. The SMILES string of the molecule is COc1ccc2cc(CC(=O)OC3CC4CCC(C3)[N+]4(C)C)ccc2c1.[I-]. The maximum atomic E-state index is 12.5. The summed E-state index contributed by atoms with van der Waals surface area (Å²) in [7, 11) is 6.32. The van der Waals surface area contributed by atoms with E-state index in [4.69, 9.17) is 9.47 Å². The van der Waals surface area contributed by atoms with Crippen LogP contribution in [-0.2, 0) is 16.0 Å². The van der Waals surface area contributed by atoms with Gasteiger partial charge in [-0.25, -0.2) is 0 Å². The molecule has 4 nitrogen and oxygen atoms in total. The molecule has 2 unspecified atom stereocenters. The first kappa shape index (κ1) is 20.4. The number of hydrogen-bond donors (Lipinski definition) is 0. The molecule has 0 amide bonds. The van der Waals surface area contributed by atoms with Gasteiger partial charge in [0, 0.05) is 25.7 Å². The number of esters is 1. The fourth-order valence-electron chi connectivity index (χ4n) is 4.83. The van der Waals surface area contributed by atoms with E-state index in [2.05, 4.69) is 20.2 Å². The molecule has 0 radical (unpaired) electrons. The lowest BCUT2D eigenvalue weighted by atomic mass is 9.97. The van der Waals surface area contributed by atoms with Gasteiger partial charge in [0.05, 0.1) is 39.7 Å². The molecule has 0 spiro atoms. The molecule has 27 heavy (non-hydrogen) atoms. The van der Waals surface area contributed by atoms with Crippen LogP contribution in [0.25, 0.3) is 10.8 Å². The Morgan fingerprint density at radius 3 is 2.33 bits per heavy atom. The van der Waals surface area contributed by atoms with E-state index in [1.807, 2.05) is 30.3 Å². The maximum Gasteiger partial charge on any atom is 0.310 e. The highest BCUT2D eigenvalue weighted by Crippen LogP contribution is 2.40. The second kappa shape index (κ2) is 7.95. The number of methoxy groups -OCH3 is 1. The van der Waals surface area contributed by atoms with Gasteiger partial charge in [-0.2, -0.15) is 0 Å². The van der Waals surface area contributed by atoms with E-state index in [9.17, 15) is 4.79 Å². The highest BCUT2D eigenvalue weighted by atomic mass is 127. The van der Waals surface area contributed by atoms with Crippen molar-refractivity contribution in [2.75, 3.05) is 21.2 Å². The van der Waals surface area contributed by atoms with Crippen LogP contribution in [0.15, 0.2) is 36.4 Å². The molecule has 0 aliphatic carbocycles. The minimum atomic E-state index is -0.102. The van der Waals surface area contributed by atoms with Gasteiger partial charge in [-0.15, -0.1) is 0 Å². The molecule has 2 atom stereocenters. The van der Waals surface area contributed by atoms with Crippen LogP contribution in [0.5, 0.6) is 5.75 Å². The summed E-state index contributed by atoms with van der Waals surface area (Å²) in [5.74, 6) is 0.743. The second-order valence-corrected chi connectivity index (χ2v) is 8.32. The number of hydrogen-bond acceptors (Lipinski definition) is 3. The number of quaternary nitrogens is 1. The molecule has 2 aliphatic heterocycles. The van der Waals surface area contributed by atoms with Crippen molar-refractivity contribution >= 4 is 16.7 Å². The lowest BCUT2D eigenvalue weighted by molar-refractivity contribution is -0.931. The summed E-state index contributed by atoms with van der Waals surface area (Å²) in [4.78, 5) is 12.5. The van der Waals surface area contributed by atoms with Crippen LogP contribution in [0.2, 0.25) is 0 Å². The highest BCUT2D eigenvalue weighted by Gasteiger charge is 2.49. The van der Waals surface area contributed by atoms with Crippen LogP contribution in [0.3, 0.4) is 0 Å². The Morgan fingerprint density at radius 1 is 1.04 bits per heavy atom. The first-order chi connectivity index (χ1) is 12.5. The summed E-state index contributed by atoms with van der Waals surface area (Å²) in [6.07, 6.45) is 4.97. The van der Waals surface area contributed by atoms with Gasteiger partial charge in [0.25, 0.3) is 0 Å². The summed E-state index contributed by atoms with van der Waals surface area (Å²) in [5, 5.41) is 2.23. The molecule has 2 saturated heterocycles. The van der Waals surface area contributed by atoms with E-state index in [-0.39, 0.29) is 36.0 Å². The van der Waals surface area contributed by atoms with Crippen molar-refractivity contribution in [1.82, 2.24) is 0 Å². The Hall–Kier alpha value is -1.34. The quantitative estimate of drug-likeness (QED) is 0.367. The summed E-state index contributed by atoms with van der Waals surface area (Å²) < 4.78 is 12.2. The van der Waals surface area contributed by atoms with Crippen molar-refractivity contribution in [3.8, 4) is 5.75 Å². The van der Waals surface area contributed by atoms with Crippen LogP contribution < -0.4 is 28.7 Å². The molecule has 2 aliphatic rings. The molecule has 4 rings (SSSR count). The monoisotopic (exact) mass is 481 g/mol. The average Bonchev–Trinajstić information content (AvgIpc) is 2.78. The van der Waals surface area contributed by atoms with Crippen molar-refractivity contribution < 1.29 is 42.7 Å². The molecular formula is C22H28INO3. The van der Waals surface area contributed by atoms with Gasteiger partial charge < -0.3 is 37.9 Å². The number of carbonyl (C=O) groups is 1. The maximum absolute atomic E-state index is 12.5. The zero-order valence-electron chi connectivity index (χ0n) is 16.3. The summed E-state index contributed by atoms with van der Waals surface area (Å²) >= 11 is 0. The van der Waals surface area contributed by atoms with Gasteiger partial charge in [0.1, 0.15) is 11.9 Å². The molecule has 146 valence electrons. The Bertz CT molecular complexity index is 819. The van der Waals surface area contributed by atoms with E-state index in [1.54, 1.807) is 7.11 Å². The van der Waals surface area contributed by atoms with Crippen LogP contribution >= 0.6 is 0 Å². The summed E-state index contributed by atoms with van der Waals surface area (Å²) in [6.45, 7) is 0. The van der Waals surface area contributed by atoms with Crippen LogP contribution in [-0.4, -0.2) is 49.8 Å². The third-order valence-corrected chi connectivity index (χ3v) is 6.54. The Labute approximate surface area is 178 Å². The summed E-state index contributed by atoms with van der Waals surface area (Å²) in [5.41, 5.74) is 1.00. The average molecular weight is 481 g/mol. The molecule has 0 N–H and O–H groups in total. The number of rotatable bonds is 4. The molecule has 2 bridgehead atoms. The Balaban J connectivity index is 0.00000210. The van der Waals surface area contributed by atoms with E-state index in [0.717, 1.165) is 39.4 Å². The first-order valence-electron chi connectivity index (χ1n) is 9.55. The fourth-order valence-corrected chi connectivity index (χ4v) is 4.83. The van der Waals surface area contributed by atoms with Gasteiger partial charge in [0.2, 0.25) is 0 Å². The van der Waals surface area contributed by atoms with Crippen molar-refractivity contribution in [2.45, 2.75) is 50.3 Å². The van der Waals surface area contributed by atoms with Crippen LogP contribution in [0.4, 0.5) is 0 Å². The fraction of sp³-hybridized carbons (Fsp3) is 0.500. The van der Waals surface area contributed by atoms with E-state index < -0.39 is 0 Å². The molecule has 2 aromatic carbocycles. The smallest absolute Gasteiger partial charge is 0.310 e. The topological polar surface area (TPSA) is 35.5 Å². The molecule has 2 heterocycles. The largest absolute Gasteiger partial charge is 1.00 e. The molecule has 2 aromatic rings. The lowest BCUT2D eigenvalue weighted by Gasteiger charge is -2.43. The molecular weight excluding hydrogens is 453 g/mol. The van der Waals surface area contributed by atoms with Gasteiger partial charge in [-0.05, 0) is 28.5 Å². The Kier molecular flexibility index (Phi) is 6.01. The second-order valence-electron chi connectivity index (χ2n) is 8.32. The van der Waals surface area contributed by atoms with Crippen molar-refractivity contribution in [3.05, 3.63) is 42.0 Å². The number of ether oxygens (including phenoxy) is 2. The van der Waals surface area contributed by atoms with Crippen LogP contribution in [0.1, 0.15) is 31.2 Å². The van der Waals surface area contributed by atoms with E-state index in [1.165, 1.54) is 12.8 Å².